The highest BCUT2D eigenvalue weighted by Gasteiger charge is 2.20. The number of rotatable bonds is 6. The van der Waals surface area contributed by atoms with E-state index in [1.54, 1.807) is 11.6 Å². The summed E-state index contributed by atoms with van der Waals surface area (Å²) in [5, 5.41) is 19.7. The first-order valence-corrected chi connectivity index (χ1v) is 7.01. The third kappa shape index (κ3) is 3.00. The maximum Gasteiger partial charge on any atom is 0.339 e. The molecule has 0 aromatic carbocycles. The van der Waals surface area contributed by atoms with E-state index >= 15 is 0 Å². The normalized spacial score (nSPS) is 10.7. The summed E-state index contributed by atoms with van der Waals surface area (Å²) in [6.07, 6.45) is 0.403. The first-order valence-electron chi connectivity index (χ1n) is 7.01. The minimum atomic E-state index is -1.11. The summed E-state index contributed by atoms with van der Waals surface area (Å²) in [6.45, 7) is 6.40. The van der Waals surface area contributed by atoms with Crippen molar-refractivity contribution in [2.75, 3.05) is 0 Å². The highest BCUT2D eigenvalue weighted by atomic mass is 16.4. The lowest BCUT2D eigenvalue weighted by Crippen LogP contribution is -2.24. The number of carboxylic acids is 1. The van der Waals surface area contributed by atoms with Crippen molar-refractivity contribution in [3.05, 3.63) is 34.5 Å². The Morgan fingerprint density at radius 3 is 2.68 bits per heavy atom. The fourth-order valence-corrected chi connectivity index (χ4v) is 2.13. The molecule has 0 aliphatic rings. The Balaban J connectivity index is 2.13. The Labute approximate surface area is 127 Å². The predicted octanol–water partition coefficient (Wildman–Crippen LogP) is 1.39. The number of aryl methyl sites for hydroxylation is 3. The van der Waals surface area contributed by atoms with E-state index in [9.17, 15) is 9.59 Å². The van der Waals surface area contributed by atoms with Crippen molar-refractivity contribution >= 4 is 11.9 Å². The first kappa shape index (κ1) is 15.7. The summed E-state index contributed by atoms with van der Waals surface area (Å²) in [4.78, 5) is 23.2. The highest BCUT2D eigenvalue weighted by Crippen LogP contribution is 2.16. The van der Waals surface area contributed by atoms with Gasteiger partial charge in [-0.05, 0) is 13.8 Å². The molecule has 0 bridgehead atoms. The van der Waals surface area contributed by atoms with Gasteiger partial charge in [-0.2, -0.15) is 0 Å². The summed E-state index contributed by atoms with van der Waals surface area (Å²) in [5.41, 5.74) is 1.56. The van der Waals surface area contributed by atoms with E-state index < -0.39 is 11.9 Å². The van der Waals surface area contributed by atoms with Crippen LogP contribution in [0.4, 0.5) is 0 Å². The lowest BCUT2D eigenvalue weighted by atomic mass is 10.2. The minimum absolute atomic E-state index is 0.0116. The monoisotopic (exact) mass is 306 g/mol. The largest absolute Gasteiger partial charge is 0.478 e. The lowest BCUT2D eigenvalue weighted by molar-refractivity contribution is 0.0694. The molecule has 2 rings (SSSR count). The SMILES string of the molecule is CCc1oc(C(=O)NCc2c(C)nnn2CC)cc1C(=O)O. The molecule has 1 amide bonds. The van der Waals surface area contributed by atoms with Gasteiger partial charge in [-0.3, -0.25) is 4.79 Å². The summed E-state index contributed by atoms with van der Waals surface area (Å²) in [5.74, 6) is -1.30. The quantitative estimate of drug-likeness (QED) is 0.834. The van der Waals surface area contributed by atoms with E-state index in [1.165, 1.54) is 6.07 Å². The molecular formula is C14H18N4O4. The molecule has 2 aromatic rings. The van der Waals surface area contributed by atoms with Crippen molar-refractivity contribution in [3.63, 3.8) is 0 Å². The van der Waals surface area contributed by atoms with E-state index in [-0.39, 0.29) is 23.6 Å². The number of aromatic nitrogens is 3. The number of carboxylic acid groups (broad SMARTS) is 1. The van der Waals surface area contributed by atoms with E-state index in [1.807, 2.05) is 13.8 Å². The summed E-state index contributed by atoms with van der Waals surface area (Å²) in [7, 11) is 0. The fourth-order valence-electron chi connectivity index (χ4n) is 2.13. The average molecular weight is 306 g/mol. The fraction of sp³-hybridized carbons (Fsp3) is 0.429. The standard InChI is InChI=1S/C14H18N4O4/c1-4-11-9(14(20)21)6-12(22-11)13(19)15-7-10-8(3)16-17-18(10)5-2/h6H,4-5,7H2,1-3H3,(H,15,19)(H,20,21). The number of hydrogen-bond donors (Lipinski definition) is 2. The third-order valence-corrected chi connectivity index (χ3v) is 3.33. The number of carbonyl (C=O) groups excluding carboxylic acids is 1. The van der Waals surface area contributed by atoms with Gasteiger partial charge in [0.1, 0.15) is 11.3 Å². The van der Waals surface area contributed by atoms with Crippen LogP contribution in [0.5, 0.6) is 0 Å². The minimum Gasteiger partial charge on any atom is -0.478 e. The van der Waals surface area contributed by atoms with Crippen LogP contribution in [0.15, 0.2) is 10.5 Å². The summed E-state index contributed by atoms with van der Waals surface area (Å²) < 4.78 is 7.01. The number of furan rings is 1. The zero-order valence-corrected chi connectivity index (χ0v) is 12.7. The van der Waals surface area contributed by atoms with Gasteiger partial charge in [0, 0.05) is 19.0 Å². The van der Waals surface area contributed by atoms with Crippen LogP contribution in [-0.4, -0.2) is 32.0 Å². The molecule has 0 saturated carbocycles. The van der Waals surface area contributed by atoms with Gasteiger partial charge in [0.25, 0.3) is 5.91 Å². The molecule has 0 fully saturated rings. The van der Waals surface area contributed by atoms with E-state index in [0.717, 1.165) is 11.4 Å². The maximum absolute atomic E-state index is 12.1. The van der Waals surface area contributed by atoms with Gasteiger partial charge in [0.15, 0.2) is 5.76 Å². The molecule has 0 aliphatic carbocycles. The van der Waals surface area contributed by atoms with Crippen LogP contribution < -0.4 is 5.32 Å². The Bertz CT molecular complexity index is 702. The van der Waals surface area contributed by atoms with Crippen LogP contribution >= 0.6 is 0 Å². The van der Waals surface area contributed by atoms with Crippen LogP contribution in [0, 0.1) is 6.92 Å². The van der Waals surface area contributed by atoms with Crippen LogP contribution in [-0.2, 0) is 19.5 Å². The number of aromatic carboxylic acids is 1. The second-order valence-electron chi connectivity index (χ2n) is 4.73. The van der Waals surface area contributed by atoms with Crippen LogP contribution in [0.25, 0.3) is 0 Å². The van der Waals surface area contributed by atoms with Gasteiger partial charge in [0.2, 0.25) is 0 Å². The topological polar surface area (TPSA) is 110 Å². The number of nitrogens with zero attached hydrogens (tertiary/aromatic N) is 3. The molecule has 0 spiro atoms. The predicted molar refractivity (Wildman–Crippen MR) is 76.6 cm³/mol. The van der Waals surface area contributed by atoms with Gasteiger partial charge in [-0.1, -0.05) is 12.1 Å². The summed E-state index contributed by atoms with van der Waals surface area (Å²) in [6, 6.07) is 1.25. The van der Waals surface area contributed by atoms with Crippen molar-refractivity contribution in [3.8, 4) is 0 Å². The van der Waals surface area contributed by atoms with Crippen molar-refractivity contribution in [2.24, 2.45) is 0 Å². The molecule has 22 heavy (non-hydrogen) atoms. The summed E-state index contributed by atoms with van der Waals surface area (Å²) >= 11 is 0. The van der Waals surface area contributed by atoms with Gasteiger partial charge in [-0.15, -0.1) is 5.10 Å². The number of amides is 1. The second-order valence-corrected chi connectivity index (χ2v) is 4.73. The van der Waals surface area contributed by atoms with E-state index in [4.69, 9.17) is 9.52 Å². The van der Waals surface area contributed by atoms with E-state index in [2.05, 4.69) is 15.6 Å². The highest BCUT2D eigenvalue weighted by molar-refractivity contribution is 5.96. The molecule has 8 heteroatoms. The number of nitrogens with one attached hydrogen (secondary N) is 1. The molecule has 118 valence electrons. The Morgan fingerprint density at radius 1 is 1.41 bits per heavy atom. The average Bonchev–Trinajstić information content (AvgIpc) is 3.08. The van der Waals surface area contributed by atoms with Crippen molar-refractivity contribution < 1.29 is 19.1 Å². The van der Waals surface area contributed by atoms with Gasteiger partial charge in [0.05, 0.1) is 17.9 Å². The molecule has 2 heterocycles. The lowest BCUT2D eigenvalue weighted by Gasteiger charge is -2.05. The molecule has 0 unspecified atom stereocenters. The number of hydrogen-bond acceptors (Lipinski definition) is 5. The van der Waals surface area contributed by atoms with Gasteiger partial charge >= 0.3 is 5.97 Å². The van der Waals surface area contributed by atoms with Gasteiger partial charge in [-0.25, -0.2) is 9.48 Å². The van der Waals surface area contributed by atoms with E-state index in [0.29, 0.717) is 13.0 Å². The molecular weight excluding hydrogens is 288 g/mol. The Hall–Kier alpha value is -2.64. The molecule has 0 radical (unpaired) electrons. The maximum atomic E-state index is 12.1. The zero-order chi connectivity index (χ0) is 16.3. The molecule has 2 aromatic heterocycles. The van der Waals surface area contributed by atoms with Crippen molar-refractivity contribution in [1.82, 2.24) is 20.3 Å². The number of carbonyl (C=O) groups is 2. The molecule has 8 nitrogen and oxygen atoms in total. The molecule has 2 N–H and O–H groups in total. The van der Waals surface area contributed by atoms with Crippen molar-refractivity contribution in [2.45, 2.75) is 40.3 Å². The Kier molecular flexibility index (Phi) is 4.59. The second kappa shape index (κ2) is 6.42. The Morgan fingerprint density at radius 2 is 2.14 bits per heavy atom. The first-order chi connectivity index (χ1) is 10.5. The smallest absolute Gasteiger partial charge is 0.339 e. The van der Waals surface area contributed by atoms with Crippen LogP contribution in [0.1, 0.15) is 51.9 Å². The zero-order valence-electron chi connectivity index (χ0n) is 12.7. The van der Waals surface area contributed by atoms with Gasteiger partial charge < -0.3 is 14.8 Å². The van der Waals surface area contributed by atoms with Crippen LogP contribution in [0.2, 0.25) is 0 Å². The molecule has 0 saturated heterocycles. The third-order valence-electron chi connectivity index (χ3n) is 3.33. The molecule has 0 aliphatic heterocycles. The van der Waals surface area contributed by atoms with Crippen LogP contribution in [0.3, 0.4) is 0 Å². The molecule has 0 atom stereocenters. The van der Waals surface area contributed by atoms with Crippen molar-refractivity contribution in [1.29, 1.82) is 0 Å².